The van der Waals surface area contributed by atoms with Gasteiger partial charge in [-0.15, -0.1) is 0 Å². The van der Waals surface area contributed by atoms with Crippen LogP contribution in [0, 0.1) is 0 Å². The Morgan fingerprint density at radius 1 is 1.14 bits per heavy atom. The maximum absolute atomic E-state index is 6.16. The third kappa shape index (κ3) is 4.52. The molecule has 124 valence electrons. The molecule has 1 aliphatic rings. The van der Waals surface area contributed by atoms with Crippen molar-refractivity contribution in [2.24, 2.45) is 0 Å². The lowest BCUT2D eigenvalue weighted by Gasteiger charge is -2.25. The Labute approximate surface area is 132 Å². The first kappa shape index (κ1) is 16.9. The van der Waals surface area contributed by atoms with Crippen LogP contribution < -0.4 is 15.2 Å². The van der Waals surface area contributed by atoms with Crippen molar-refractivity contribution in [2.75, 3.05) is 32.2 Å². The first-order valence-corrected chi connectivity index (χ1v) is 8.18. The summed E-state index contributed by atoms with van der Waals surface area (Å²) < 4.78 is 22.8. The summed E-state index contributed by atoms with van der Waals surface area (Å²) in [5.74, 6) is 1.28. The number of benzene rings is 1. The van der Waals surface area contributed by atoms with Crippen LogP contribution >= 0.6 is 0 Å². The van der Waals surface area contributed by atoms with Crippen molar-refractivity contribution in [3.05, 3.63) is 17.7 Å². The summed E-state index contributed by atoms with van der Waals surface area (Å²) in [6.45, 7) is 6.71. The predicted molar refractivity (Wildman–Crippen MR) is 86.3 cm³/mol. The van der Waals surface area contributed by atoms with Crippen molar-refractivity contribution >= 4 is 5.69 Å². The van der Waals surface area contributed by atoms with Crippen LogP contribution in [-0.4, -0.2) is 26.4 Å². The molecule has 0 radical (unpaired) electrons. The van der Waals surface area contributed by atoms with E-state index in [1.54, 1.807) is 0 Å². The van der Waals surface area contributed by atoms with Gasteiger partial charge in [0.2, 0.25) is 0 Å². The van der Waals surface area contributed by atoms with Crippen molar-refractivity contribution in [1.29, 1.82) is 0 Å². The molecule has 0 saturated carbocycles. The molecule has 1 aromatic carbocycles. The van der Waals surface area contributed by atoms with Crippen LogP contribution in [-0.2, 0) is 9.47 Å². The number of rotatable bonds is 8. The molecule has 0 aromatic heterocycles. The molecule has 0 amide bonds. The lowest BCUT2D eigenvalue weighted by atomic mass is 10.1. The van der Waals surface area contributed by atoms with Crippen molar-refractivity contribution in [1.82, 2.24) is 0 Å². The van der Waals surface area contributed by atoms with Gasteiger partial charge >= 0.3 is 0 Å². The van der Waals surface area contributed by atoms with E-state index >= 15 is 0 Å². The molecule has 0 unspecified atom stereocenters. The first-order chi connectivity index (χ1) is 10.8. The summed E-state index contributed by atoms with van der Waals surface area (Å²) in [6.07, 6.45) is 3.86. The molecule has 0 aliphatic carbocycles. The highest BCUT2D eigenvalue weighted by Gasteiger charge is 2.21. The molecule has 1 saturated heterocycles. The van der Waals surface area contributed by atoms with E-state index in [1.165, 1.54) is 0 Å². The molecule has 1 fully saturated rings. The Morgan fingerprint density at radius 2 is 1.91 bits per heavy atom. The summed E-state index contributed by atoms with van der Waals surface area (Å²) in [5, 5.41) is 0. The Morgan fingerprint density at radius 3 is 2.59 bits per heavy atom. The fraction of sp³-hybridized carbons (Fsp3) is 0.647. The Balaban J connectivity index is 2.14. The highest BCUT2D eigenvalue weighted by atomic mass is 16.7. The Bertz CT molecular complexity index is 458. The van der Waals surface area contributed by atoms with Crippen LogP contribution in [0.1, 0.15) is 51.4 Å². The van der Waals surface area contributed by atoms with Gasteiger partial charge in [-0.25, -0.2) is 0 Å². The van der Waals surface area contributed by atoms with Gasteiger partial charge in [0.05, 0.1) is 32.1 Å². The van der Waals surface area contributed by atoms with Gasteiger partial charge in [-0.2, -0.15) is 0 Å². The fourth-order valence-electron chi connectivity index (χ4n) is 2.41. The lowest BCUT2D eigenvalue weighted by molar-refractivity contribution is -0.183. The maximum Gasteiger partial charge on any atom is 0.184 e. The largest absolute Gasteiger partial charge is 0.490 e. The number of anilines is 1. The van der Waals surface area contributed by atoms with Crippen LogP contribution in [0.25, 0.3) is 0 Å². The number of ether oxygens (including phenoxy) is 4. The van der Waals surface area contributed by atoms with Crippen molar-refractivity contribution in [3.8, 4) is 11.5 Å². The van der Waals surface area contributed by atoms with Crippen molar-refractivity contribution in [3.63, 3.8) is 0 Å². The fourth-order valence-corrected chi connectivity index (χ4v) is 2.41. The Hall–Kier alpha value is -1.46. The number of hydrogen-bond donors (Lipinski definition) is 1. The summed E-state index contributed by atoms with van der Waals surface area (Å²) in [6, 6.07) is 3.76. The second-order valence-electron chi connectivity index (χ2n) is 5.35. The van der Waals surface area contributed by atoms with Gasteiger partial charge in [-0.3, -0.25) is 0 Å². The van der Waals surface area contributed by atoms with Gasteiger partial charge in [-0.1, -0.05) is 19.8 Å². The summed E-state index contributed by atoms with van der Waals surface area (Å²) in [7, 11) is 0. The maximum atomic E-state index is 6.16. The van der Waals surface area contributed by atoms with Crippen molar-refractivity contribution < 1.29 is 18.9 Å². The van der Waals surface area contributed by atoms with E-state index in [1.807, 2.05) is 19.1 Å². The van der Waals surface area contributed by atoms with Gasteiger partial charge in [0, 0.05) is 5.56 Å². The minimum Gasteiger partial charge on any atom is -0.490 e. The third-order valence-corrected chi connectivity index (χ3v) is 3.50. The van der Waals surface area contributed by atoms with Gasteiger partial charge in [0.1, 0.15) is 0 Å². The summed E-state index contributed by atoms with van der Waals surface area (Å²) >= 11 is 0. The quantitative estimate of drug-likeness (QED) is 0.586. The van der Waals surface area contributed by atoms with E-state index in [0.29, 0.717) is 43.6 Å². The minimum absolute atomic E-state index is 0.371. The lowest BCUT2D eigenvalue weighted by Crippen LogP contribution is -2.18. The summed E-state index contributed by atoms with van der Waals surface area (Å²) in [5.41, 5.74) is 7.60. The molecule has 2 N–H and O–H groups in total. The van der Waals surface area contributed by atoms with Crippen LogP contribution in [0.4, 0.5) is 5.69 Å². The molecule has 1 heterocycles. The van der Waals surface area contributed by atoms with E-state index in [-0.39, 0.29) is 6.29 Å². The molecule has 5 nitrogen and oxygen atoms in total. The highest BCUT2D eigenvalue weighted by molar-refractivity contribution is 5.62. The van der Waals surface area contributed by atoms with Gasteiger partial charge in [-0.05, 0) is 31.9 Å². The van der Waals surface area contributed by atoms with Crippen molar-refractivity contribution in [2.45, 2.75) is 45.8 Å². The second-order valence-corrected chi connectivity index (χ2v) is 5.35. The zero-order valence-corrected chi connectivity index (χ0v) is 13.6. The first-order valence-electron chi connectivity index (χ1n) is 8.18. The van der Waals surface area contributed by atoms with E-state index in [2.05, 4.69) is 6.92 Å². The molecule has 0 spiro atoms. The van der Waals surface area contributed by atoms with Crippen LogP contribution in [0.2, 0.25) is 0 Å². The molecule has 5 heteroatoms. The number of unbranched alkanes of at least 4 members (excludes halogenated alkanes) is 2. The zero-order chi connectivity index (χ0) is 15.8. The van der Waals surface area contributed by atoms with Crippen LogP contribution in [0.15, 0.2) is 12.1 Å². The molecular weight excluding hydrogens is 282 g/mol. The standard InChI is InChI=1S/C17H27NO4/c1-3-5-6-8-20-16-14(18)11-13(12-15(16)19-4-2)17-21-9-7-10-22-17/h11-12,17H,3-10,18H2,1-2H3. The monoisotopic (exact) mass is 309 g/mol. The SMILES string of the molecule is CCCCCOc1c(N)cc(C2OCCCO2)cc1OCC. The van der Waals surface area contributed by atoms with E-state index in [4.69, 9.17) is 24.7 Å². The minimum atomic E-state index is -0.371. The number of hydrogen-bond acceptors (Lipinski definition) is 5. The molecular formula is C17H27NO4. The molecule has 22 heavy (non-hydrogen) atoms. The topological polar surface area (TPSA) is 62.9 Å². The van der Waals surface area contributed by atoms with Gasteiger partial charge in [0.15, 0.2) is 17.8 Å². The summed E-state index contributed by atoms with van der Waals surface area (Å²) in [4.78, 5) is 0. The smallest absolute Gasteiger partial charge is 0.184 e. The highest BCUT2D eigenvalue weighted by Crippen LogP contribution is 2.38. The molecule has 0 atom stereocenters. The number of nitrogens with two attached hydrogens (primary N) is 1. The molecule has 0 bridgehead atoms. The molecule has 1 aromatic rings. The number of nitrogen functional groups attached to an aromatic ring is 1. The van der Waals surface area contributed by atoms with E-state index in [9.17, 15) is 0 Å². The molecule has 1 aliphatic heterocycles. The third-order valence-electron chi connectivity index (χ3n) is 3.50. The van der Waals surface area contributed by atoms with E-state index in [0.717, 1.165) is 31.2 Å². The normalized spacial score (nSPS) is 15.7. The molecule has 2 rings (SSSR count). The zero-order valence-electron chi connectivity index (χ0n) is 13.6. The van der Waals surface area contributed by atoms with Gasteiger partial charge < -0.3 is 24.7 Å². The van der Waals surface area contributed by atoms with E-state index < -0.39 is 0 Å². The Kier molecular flexibility index (Phi) is 6.80. The van der Waals surface area contributed by atoms with Crippen LogP contribution in [0.3, 0.4) is 0 Å². The average Bonchev–Trinajstić information content (AvgIpc) is 2.54. The van der Waals surface area contributed by atoms with Gasteiger partial charge in [0.25, 0.3) is 0 Å². The predicted octanol–water partition coefficient (Wildman–Crippen LogP) is 3.67. The second kappa shape index (κ2) is 8.86. The van der Waals surface area contributed by atoms with Crippen LogP contribution in [0.5, 0.6) is 11.5 Å². The average molecular weight is 309 g/mol.